The Morgan fingerprint density at radius 2 is 1.88 bits per heavy atom. The van der Waals surface area contributed by atoms with E-state index < -0.39 is 6.04 Å². The van der Waals surface area contributed by atoms with Crippen molar-refractivity contribution >= 4 is 16.7 Å². The number of carbonyl (C=O) groups excluding carboxylic acids is 1. The second-order valence-corrected chi connectivity index (χ2v) is 5.95. The summed E-state index contributed by atoms with van der Waals surface area (Å²) >= 11 is 0. The van der Waals surface area contributed by atoms with Gasteiger partial charge in [0.25, 0.3) is 0 Å². The average Bonchev–Trinajstić information content (AvgIpc) is 3.03. The van der Waals surface area contributed by atoms with Gasteiger partial charge in [0.2, 0.25) is 0 Å². The van der Waals surface area contributed by atoms with Gasteiger partial charge >= 0.3 is 0 Å². The fraction of sp³-hybridized carbons (Fsp3) is 0.250. The SMILES string of the molecule is COc1ccccc1CCC(=O)C(N)Cc1c[nH]c2ccccc12. The highest BCUT2D eigenvalue weighted by Crippen LogP contribution is 2.21. The Labute approximate surface area is 141 Å². The van der Waals surface area contributed by atoms with Gasteiger partial charge in [0.15, 0.2) is 0 Å². The summed E-state index contributed by atoms with van der Waals surface area (Å²) in [5.74, 6) is 0.890. The van der Waals surface area contributed by atoms with Crippen LogP contribution in [-0.4, -0.2) is 23.9 Å². The molecule has 1 atom stereocenters. The maximum absolute atomic E-state index is 12.4. The van der Waals surface area contributed by atoms with E-state index in [1.54, 1.807) is 7.11 Å². The summed E-state index contributed by atoms with van der Waals surface area (Å²) in [6.45, 7) is 0. The number of benzene rings is 2. The molecule has 4 heteroatoms. The van der Waals surface area contributed by atoms with Crippen molar-refractivity contribution in [1.29, 1.82) is 0 Å². The minimum atomic E-state index is -0.487. The number of ether oxygens (including phenoxy) is 1. The predicted octanol–water partition coefficient (Wildman–Crippen LogP) is 3.25. The number of ketones is 1. The zero-order chi connectivity index (χ0) is 16.9. The number of Topliss-reactive ketones (excluding diaryl/α,β-unsaturated/α-hetero) is 1. The highest BCUT2D eigenvalue weighted by atomic mass is 16.5. The van der Waals surface area contributed by atoms with E-state index in [4.69, 9.17) is 10.5 Å². The molecule has 1 heterocycles. The van der Waals surface area contributed by atoms with E-state index >= 15 is 0 Å². The minimum Gasteiger partial charge on any atom is -0.496 e. The number of aromatic amines is 1. The van der Waals surface area contributed by atoms with Gasteiger partial charge in [-0.3, -0.25) is 4.79 Å². The third-order valence-corrected chi connectivity index (χ3v) is 4.36. The van der Waals surface area contributed by atoms with E-state index in [0.29, 0.717) is 19.3 Å². The topological polar surface area (TPSA) is 68.1 Å². The lowest BCUT2D eigenvalue weighted by molar-refractivity contribution is -0.120. The molecule has 0 saturated heterocycles. The standard InChI is InChI=1S/C20H22N2O2/c1-24-20-9-5-2-6-14(20)10-11-19(23)17(21)12-15-13-22-18-8-4-3-7-16(15)18/h2-9,13,17,22H,10-12,21H2,1H3. The largest absolute Gasteiger partial charge is 0.496 e. The molecule has 2 aromatic carbocycles. The first-order valence-corrected chi connectivity index (χ1v) is 8.14. The number of nitrogens with two attached hydrogens (primary N) is 1. The number of hydrogen-bond donors (Lipinski definition) is 2. The van der Waals surface area contributed by atoms with Crippen LogP contribution < -0.4 is 10.5 Å². The lowest BCUT2D eigenvalue weighted by atomic mass is 9.98. The van der Waals surface area contributed by atoms with E-state index in [9.17, 15) is 4.79 Å². The third-order valence-electron chi connectivity index (χ3n) is 4.36. The minimum absolute atomic E-state index is 0.0752. The second kappa shape index (κ2) is 7.32. The molecule has 1 aromatic heterocycles. The van der Waals surface area contributed by atoms with Crippen molar-refractivity contribution in [1.82, 2.24) is 4.98 Å². The Morgan fingerprint density at radius 1 is 1.12 bits per heavy atom. The molecular weight excluding hydrogens is 300 g/mol. The number of H-pyrrole nitrogens is 1. The van der Waals surface area contributed by atoms with Crippen molar-refractivity contribution in [3.63, 3.8) is 0 Å². The Balaban J connectivity index is 1.63. The van der Waals surface area contributed by atoms with Crippen LogP contribution in [0.4, 0.5) is 0 Å². The molecule has 0 aliphatic rings. The summed E-state index contributed by atoms with van der Waals surface area (Å²) in [5, 5.41) is 1.13. The number of aryl methyl sites for hydroxylation is 1. The second-order valence-electron chi connectivity index (χ2n) is 5.95. The molecule has 0 saturated carbocycles. The summed E-state index contributed by atoms with van der Waals surface area (Å²) in [6, 6.07) is 15.3. The molecule has 24 heavy (non-hydrogen) atoms. The molecule has 4 nitrogen and oxygen atoms in total. The van der Waals surface area contributed by atoms with Crippen LogP contribution in [0.25, 0.3) is 10.9 Å². The van der Waals surface area contributed by atoms with Crippen LogP contribution >= 0.6 is 0 Å². The number of carbonyl (C=O) groups is 1. The fourth-order valence-electron chi connectivity index (χ4n) is 3.00. The Hall–Kier alpha value is -2.59. The maximum atomic E-state index is 12.4. The van der Waals surface area contributed by atoms with Crippen molar-refractivity contribution in [2.24, 2.45) is 5.73 Å². The maximum Gasteiger partial charge on any atom is 0.150 e. The van der Waals surface area contributed by atoms with Gasteiger partial charge < -0.3 is 15.5 Å². The molecule has 3 rings (SSSR count). The number of rotatable bonds is 7. The van der Waals surface area contributed by atoms with Gasteiger partial charge in [-0.25, -0.2) is 0 Å². The van der Waals surface area contributed by atoms with Crippen LogP contribution in [0.3, 0.4) is 0 Å². The van der Waals surface area contributed by atoms with Crippen molar-refractivity contribution in [2.45, 2.75) is 25.3 Å². The van der Waals surface area contributed by atoms with Crippen LogP contribution in [0.2, 0.25) is 0 Å². The Morgan fingerprint density at radius 3 is 2.71 bits per heavy atom. The molecule has 0 bridgehead atoms. The predicted molar refractivity (Wildman–Crippen MR) is 96.3 cm³/mol. The number of fused-ring (bicyclic) bond motifs is 1. The number of para-hydroxylation sites is 2. The monoisotopic (exact) mass is 322 g/mol. The van der Waals surface area contributed by atoms with E-state index in [0.717, 1.165) is 27.8 Å². The quantitative estimate of drug-likeness (QED) is 0.701. The number of nitrogens with one attached hydrogen (secondary N) is 1. The summed E-state index contributed by atoms with van der Waals surface area (Å²) < 4.78 is 5.32. The molecule has 3 N–H and O–H groups in total. The van der Waals surface area contributed by atoms with Gasteiger partial charge in [-0.05, 0) is 36.1 Å². The van der Waals surface area contributed by atoms with Crippen molar-refractivity contribution in [3.05, 3.63) is 65.9 Å². The molecule has 124 valence electrons. The molecule has 0 spiro atoms. The van der Waals surface area contributed by atoms with Crippen LogP contribution in [-0.2, 0) is 17.6 Å². The summed E-state index contributed by atoms with van der Waals surface area (Å²) in [6.07, 6.45) is 3.56. The number of aromatic nitrogens is 1. The highest BCUT2D eigenvalue weighted by molar-refractivity contribution is 5.87. The first kappa shape index (κ1) is 16.3. The first-order valence-electron chi connectivity index (χ1n) is 8.14. The molecule has 0 amide bonds. The molecule has 0 aliphatic carbocycles. The normalized spacial score (nSPS) is 12.2. The smallest absolute Gasteiger partial charge is 0.150 e. The third kappa shape index (κ3) is 3.49. The molecule has 3 aromatic rings. The van der Waals surface area contributed by atoms with E-state index in [-0.39, 0.29) is 5.78 Å². The van der Waals surface area contributed by atoms with Gasteiger partial charge in [0.05, 0.1) is 13.2 Å². The summed E-state index contributed by atoms with van der Waals surface area (Å²) in [5.41, 5.74) is 9.33. The molecule has 0 fully saturated rings. The van der Waals surface area contributed by atoms with Crippen molar-refractivity contribution in [2.75, 3.05) is 7.11 Å². The van der Waals surface area contributed by atoms with Crippen LogP contribution in [0.5, 0.6) is 5.75 Å². The van der Waals surface area contributed by atoms with Gasteiger partial charge in [-0.15, -0.1) is 0 Å². The highest BCUT2D eigenvalue weighted by Gasteiger charge is 2.16. The fourth-order valence-corrected chi connectivity index (χ4v) is 3.00. The molecule has 0 aliphatic heterocycles. The summed E-state index contributed by atoms with van der Waals surface area (Å²) in [7, 11) is 1.64. The van der Waals surface area contributed by atoms with Gasteiger partial charge in [-0.1, -0.05) is 36.4 Å². The Bertz CT molecular complexity index is 838. The first-order chi connectivity index (χ1) is 11.7. The van der Waals surface area contributed by atoms with Crippen molar-refractivity contribution < 1.29 is 9.53 Å². The average molecular weight is 322 g/mol. The van der Waals surface area contributed by atoms with Crippen LogP contribution in [0, 0.1) is 0 Å². The molecular formula is C20H22N2O2. The zero-order valence-corrected chi connectivity index (χ0v) is 13.8. The van der Waals surface area contributed by atoms with Gasteiger partial charge in [0, 0.05) is 23.5 Å². The number of methoxy groups -OCH3 is 1. The number of hydrogen-bond acceptors (Lipinski definition) is 3. The summed E-state index contributed by atoms with van der Waals surface area (Å²) in [4.78, 5) is 15.6. The van der Waals surface area contributed by atoms with E-state index in [1.165, 1.54) is 0 Å². The van der Waals surface area contributed by atoms with Gasteiger partial charge in [0.1, 0.15) is 11.5 Å². The lowest BCUT2D eigenvalue weighted by Crippen LogP contribution is -2.32. The van der Waals surface area contributed by atoms with E-state index in [2.05, 4.69) is 4.98 Å². The molecule has 1 unspecified atom stereocenters. The van der Waals surface area contributed by atoms with Crippen LogP contribution in [0.15, 0.2) is 54.7 Å². The molecule has 0 radical (unpaired) electrons. The van der Waals surface area contributed by atoms with Crippen molar-refractivity contribution in [3.8, 4) is 5.75 Å². The van der Waals surface area contributed by atoms with Gasteiger partial charge in [-0.2, -0.15) is 0 Å². The van der Waals surface area contributed by atoms with E-state index in [1.807, 2.05) is 54.7 Å². The van der Waals surface area contributed by atoms with Crippen LogP contribution in [0.1, 0.15) is 17.5 Å². The lowest BCUT2D eigenvalue weighted by Gasteiger charge is -2.11. The Kier molecular flexibility index (Phi) is 4.96. The zero-order valence-electron chi connectivity index (χ0n) is 13.8.